The van der Waals surface area contributed by atoms with Crippen LogP contribution in [0.3, 0.4) is 0 Å². The van der Waals surface area contributed by atoms with Gasteiger partial charge in [-0.15, -0.1) is 0 Å². The van der Waals surface area contributed by atoms with Gasteiger partial charge >= 0.3 is 12.1 Å². The predicted molar refractivity (Wildman–Crippen MR) is 124 cm³/mol. The van der Waals surface area contributed by atoms with Crippen LogP contribution < -0.4 is 10.6 Å². The molecular formula is C25H24N4O5. The highest BCUT2D eigenvalue weighted by atomic mass is 16.5. The first-order valence-electron chi connectivity index (χ1n) is 11.1. The largest absolute Gasteiger partial charge is 0.481 e. The lowest BCUT2D eigenvalue weighted by Crippen LogP contribution is -2.46. The molecule has 1 heterocycles. The molecule has 1 fully saturated rings. The Balaban J connectivity index is 1.24. The van der Waals surface area contributed by atoms with Gasteiger partial charge in [0.2, 0.25) is 0 Å². The van der Waals surface area contributed by atoms with E-state index in [1.807, 2.05) is 36.4 Å². The Kier molecular flexibility index (Phi) is 5.53. The monoisotopic (exact) mass is 460 g/mol. The quantitative estimate of drug-likeness (QED) is 0.518. The van der Waals surface area contributed by atoms with E-state index in [9.17, 15) is 14.4 Å². The molecule has 0 atom stereocenters. The molecule has 3 N–H and O–H groups in total. The number of nitrogens with one attached hydrogen (secondary N) is 2. The van der Waals surface area contributed by atoms with Crippen molar-refractivity contribution < 1.29 is 24.2 Å². The number of carbonyl (C=O) groups excluding carboxylic acids is 2. The first kappa shape index (κ1) is 21.7. The van der Waals surface area contributed by atoms with Crippen molar-refractivity contribution in [2.75, 3.05) is 11.9 Å². The third-order valence-electron chi connectivity index (χ3n) is 6.57. The van der Waals surface area contributed by atoms with E-state index in [0.29, 0.717) is 12.8 Å². The summed E-state index contributed by atoms with van der Waals surface area (Å²) in [5, 5.41) is 18.5. The van der Waals surface area contributed by atoms with Crippen LogP contribution in [-0.4, -0.2) is 45.5 Å². The standard InChI is InChI=1S/C25H24N4O5/c1-29-22(20(12-26-29)23(30)27-15-10-14(11-15)24(31)32)28-25(33)34-13-21-18-8-4-2-6-16(18)17-7-3-5-9-19(17)21/h2-9,12,14-15,21H,10-11,13H2,1H3,(H,27,30)(H,28,33)(H,31,32). The lowest BCUT2D eigenvalue weighted by molar-refractivity contribution is -0.145. The number of aromatic nitrogens is 2. The predicted octanol–water partition coefficient (Wildman–Crippen LogP) is 3.37. The zero-order chi connectivity index (χ0) is 23.8. The normalized spacial score (nSPS) is 18.4. The maximum atomic E-state index is 12.7. The maximum Gasteiger partial charge on any atom is 0.412 e. The highest BCUT2D eigenvalue weighted by Gasteiger charge is 2.36. The van der Waals surface area contributed by atoms with Gasteiger partial charge < -0.3 is 15.2 Å². The second-order valence-corrected chi connectivity index (χ2v) is 8.66. The number of amides is 2. The van der Waals surface area contributed by atoms with Gasteiger partial charge in [0.05, 0.1) is 12.1 Å². The number of rotatable bonds is 6. The molecule has 2 aliphatic carbocycles. The fourth-order valence-corrected chi connectivity index (χ4v) is 4.68. The SMILES string of the molecule is Cn1ncc(C(=O)NC2CC(C(=O)O)C2)c1NC(=O)OCC1c2ccccc2-c2ccccc21. The maximum absolute atomic E-state index is 12.7. The molecule has 0 spiro atoms. The average Bonchev–Trinajstić information content (AvgIpc) is 3.32. The minimum absolute atomic E-state index is 0.0757. The van der Waals surface area contributed by atoms with E-state index in [1.54, 1.807) is 7.05 Å². The van der Waals surface area contributed by atoms with Crippen LogP contribution >= 0.6 is 0 Å². The zero-order valence-electron chi connectivity index (χ0n) is 18.5. The number of fused-ring (bicyclic) bond motifs is 3. The molecule has 0 unspecified atom stereocenters. The summed E-state index contributed by atoms with van der Waals surface area (Å²) in [5.41, 5.74) is 4.68. The molecule has 1 aromatic heterocycles. The summed E-state index contributed by atoms with van der Waals surface area (Å²) in [6.07, 6.45) is 1.45. The smallest absolute Gasteiger partial charge is 0.412 e. The van der Waals surface area contributed by atoms with E-state index in [0.717, 1.165) is 22.3 Å². The zero-order valence-corrected chi connectivity index (χ0v) is 18.5. The van der Waals surface area contributed by atoms with Gasteiger partial charge in [0.25, 0.3) is 5.91 Å². The van der Waals surface area contributed by atoms with Crippen LogP contribution in [0.15, 0.2) is 54.7 Å². The number of nitrogens with zero attached hydrogens (tertiary/aromatic N) is 2. The molecule has 9 nitrogen and oxygen atoms in total. The molecule has 9 heteroatoms. The number of carboxylic acid groups (broad SMARTS) is 1. The number of ether oxygens (including phenoxy) is 1. The third-order valence-corrected chi connectivity index (χ3v) is 6.57. The van der Waals surface area contributed by atoms with Gasteiger partial charge in [-0.3, -0.25) is 19.6 Å². The Morgan fingerprint density at radius 3 is 2.29 bits per heavy atom. The molecule has 5 rings (SSSR count). The Morgan fingerprint density at radius 1 is 1.06 bits per heavy atom. The number of aryl methyl sites for hydroxylation is 1. The Hall–Kier alpha value is -4.14. The molecule has 2 amide bonds. The lowest BCUT2D eigenvalue weighted by atomic mass is 9.80. The summed E-state index contributed by atoms with van der Waals surface area (Å²) >= 11 is 0. The van der Waals surface area contributed by atoms with Crippen LogP contribution in [-0.2, 0) is 16.6 Å². The molecule has 1 saturated carbocycles. The molecule has 0 bridgehead atoms. The Labute approximate surface area is 195 Å². The van der Waals surface area contributed by atoms with Crippen LogP contribution in [0.1, 0.15) is 40.2 Å². The highest BCUT2D eigenvalue weighted by molar-refractivity contribution is 6.01. The van der Waals surface area contributed by atoms with Gasteiger partial charge in [-0.25, -0.2) is 4.79 Å². The van der Waals surface area contributed by atoms with E-state index < -0.39 is 23.9 Å². The van der Waals surface area contributed by atoms with Crippen LogP contribution in [0.25, 0.3) is 11.1 Å². The summed E-state index contributed by atoms with van der Waals surface area (Å²) in [7, 11) is 1.61. The topological polar surface area (TPSA) is 123 Å². The molecule has 3 aromatic rings. The summed E-state index contributed by atoms with van der Waals surface area (Å²) in [4.78, 5) is 36.3. The van der Waals surface area contributed by atoms with Gasteiger partial charge in [0.1, 0.15) is 18.0 Å². The average molecular weight is 460 g/mol. The molecule has 0 aliphatic heterocycles. The summed E-state index contributed by atoms with van der Waals surface area (Å²) in [6, 6.07) is 15.9. The van der Waals surface area contributed by atoms with Crippen LogP contribution in [0.4, 0.5) is 10.6 Å². The second kappa shape index (κ2) is 8.66. The van der Waals surface area contributed by atoms with Crippen molar-refractivity contribution in [3.05, 3.63) is 71.4 Å². The number of hydrogen-bond donors (Lipinski definition) is 3. The molecule has 34 heavy (non-hydrogen) atoms. The van der Waals surface area contributed by atoms with Crippen molar-refractivity contribution in [1.29, 1.82) is 0 Å². The van der Waals surface area contributed by atoms with Crippen molar-refractivity contribution in [1.82, 2.24) is 15.1 Å². The van der Waals surface area contributed by atoms with Crippen molar-refractivity contribution in [3.8, 4) is 11.1 Å². The fourth-order valence-electron chi connectivity index (χ4n) is 4.68. The third kappa shape index (κ3) is 3.89. The van der Waals surface area contributed by atoms with Gasteiger partial charge in [-0.05, 0) is 35.1 Å². The van der Waals surface area contributed by atoms with Crippen molar-refractivity contribution in [3.63, 3.8) is 0 Å². The molecule has 2 aromatic carbocycles. The number of carboxylic acids is 1. The van der Waals surface area contributed by atoms with Crippen molar-refractivity contribution in [2.24, 2.45) is 13.0 Å². The molecule has 0 saturated heterocycles. The first-order valence-corrected chi connectivity index (χ1v) is 11.1. The highest BCUT2D eigenvalue weighted by Crippen LogP contribution is 2.44. The van der Waals surface area contributed by atoms with Crippen LogP contribution in [0, 0.1) is 5.92 Å². The second-order valence-electron chi connectivity index (χ2n) is 8.66. The number of anilines is 1. The minimum Gasteiger partial charge on any atom is -0.481 e. The summed E-state index contributed by atoms with van der Waals surface area (Å²) in [5.74, 6) is -1.57. The van der Waals surface area contributed by atoms with E-state index in [1.165, 1.54) is 10.9 Å². The van der Waals surface area contributed by atoms with Gasteiger partial charge in [-0.2, -0.15) is 5.10 Å². The van der Waals surface area contributed by atoms with Gasteiger partial charge in [0, 0.05) is 19.0 Å². The summed E-state index contributed by atoms with van der Waals surface area (Å²) in [6.45, 7) is 0.151. The van der Waals surface area contributed by atoms with Crippen LogP contribution in [0.5, 0.6) is 0 Å². The Morgan fingerprint density at radius 2 is 1.68 bits per heavy atom. The molecule has 2 aliphatic rings. The summed E-state index contributed by atoms with van der Waals surface area (Å²) < 4.78 is 6.95. The van der Waals surface area contributed by atoms with Crippen molar-refractivity contribution >= 4 is 23.8 Å². The van der Waals surface area contributed by atoms with E-state index >= 15 is 0 Å². The van der Waals surface area contributed by atoms with Gasteiger partial charge in [-0.1, -0.05) is 48.5 Å². The first-order chi connectivity index (χ1) is 16.4. The Bertz CT molecular complexity index is 1230. The number of hydrogen-bond acceptors (Lipinski definition) is 5. The number of benzene rings is 2. The van der Waals surface area contributed by atoms with E-state index in [2.05, 4.69) is 27.9 Å². The van der Waals surface area contributed by atoms with E-state index in [4.69, 9.17) is 9.84 Å². The fraction of sp³-hybridized carbons (Fsp3) is 0.280. The van der Waals surface area contributed by atoms with Crippen molar-refractivity contribution in [2.45, 2.75) is 24.8 Å². The molecule has 174 valence electrons. The van der Waals surface area contributed by atoms with Gasteiger partial charge in [0.15, 0.2) is 0 Å². The molecular weight excluding hydrogens is 436 g/mol. The lowest BCUT2D eigenvalue weighted by Gasteiger charge is -2.32. The number of aliphatic carboxylic acids is 1. The number of carbonyl (C=O) groups is 3. The molecule has 0 radical (unpaired) electrons. The van der Waals surface area contributed by atoms with Crippen LogP contribution in [0.2, 0.25) is 0 Å². The minimum atomic E-state index is -0.857. The van der Waals surface area contributed by atoms with E-state index in [-0.39, 0.29) is 29.9 Å².